The number of carbonyl (C=O) groups is 1. The minimum atomic E-state index is -0.132. The summed E-state index contributed by atoms with van der Waals surface area (Å²) in [6, 6.07) is 9.66. The molecule has 1 amide bonds. The van der Waals surface area contributed by atoms with Crippen molar-refractivity contribution in [3.8, 4) is 11.3 Å². The zero-order chi connectivity index (χ0) is 13.7. The first-order valence-corrected chi connectivity index (χ1v) is 6.29. The molecule has 20 heavy (non-hydrogen) atoms. The molecule has 0 aliphatic rings. The second-order valence-electron chi connectivity index (χ2n) is 4.58. The van der Waals surface area contributed by atoms with Crippen LogP contribution in [-0.2, 0) is 0 Å². The van der Waals surface area contributed by atoms with Crippen LogP contribution in [0.1, 0.15) is 17.3 Å². The zero-order valence-electron chi connectivity index (χ0n) is 11.3. The SMILES string of the molecule is CC(CN)CNC(=O)c1cn[nH]c1-c1ccccc1.Cl. The van der Waals surface area contributed by atoms with E-state index >= 15 is 0 Å². The van der Waals surface area contributed by atoms with Crippen molar-refractivity contribution < 1.29 is 4.79 Å². The van der Waals surface area contributed by atoms with Gasteiger partial charge in [0.1, 0.15) is 0 Å². The van der Waals surface area contributed by atoms with Gasteiger partial charge < -0.3 is 11.1 Å². The van der Waals surface area contributed by atoms with Crippen LogP contribution in [0.2, 0.25) is 0 Å². The van der Waals surface area contributed by atoms with Crippen molar-refractivity contribution in [1.82, 2.24) is 15.5 Å². The first-order valence-electron chi connectivity index (χ1n) is 6.29. The summed E-state index contributed by atoms with van der Waals surface area (Å²) in [4.78, 5) is 12.1. The number of aromatic amines is 1. The van der Waals surface area contributed by atoms with Gasteiger partial charge in [-0.05, 0) is 12.5 Å². The van der Waals surface area contributed by atoms with Crippen molar-refractivity contribution in [2.24, 2.45) is 11.7 Å². The van der Waals surface area contributed by atoms with Crippen molar-refractivity contribution in [1.29, 1.82) is 0 Å². The number of rotatable bonds is 5. The van der Waals surface area contributed by atoms with Crippen molar-refractivity contribution >= 4 is 18.3 Å². The fourth-order valence-corrected chi connectivity index (χ4v) is 1.73. The van der Waals surface area contributed by atoms with Gasteiger partial charge in [-0.2, -0.15) is 5.10 Å². The van der Waals surface area contributed by atoms with Crippen LogP contribution in [-0.4, -0.2) is 29.2 Å². The Kier molecular flexibility index (Phi) is 6.21. The Labute approximate surface area is 124 Å². The standard InChI is InChI=1S/C14H18N4O.ClH/c1-10(7-15)8-16-14(19)12-9-17-18-13(12)11-5-3-2-4-6-11;/h2-6,9-10H,7-8,15H2,1H3,(H,16,19)(H,17,18);1H. The molecule has 4 N–H and O–H groups in total. The fraction of sp³-hybridized carbons (Fsp3) is 0.286. The van der Waals surface area contributed by atoms with E-state index in [1.165, 1.54) is 0 Å². The normalized spacial score (nSPS) is 11.5. The largest absolute Gasteiger partial charge is 0.352 e. The molecule has 108 valence electrons. The number of nitrogens with two attached hydrogens (primary N) is 1. The maximum absolute atomic E-state index is 12.1. The Bertz CT molecular complexity index is 541. The number of nitrogens with zero attached hydrogens (tertiary/aromatic N) is 1. The van der Waals surface area contributed by atoms with Gasteiger partial charge in [-0.3, -0.25) is 9.89 Å². The van der Waals surface area contributed by atoms with Crippen LogP contribution < -0.4 is 11.1 Å². The lowest BCUT2D eigenvalue weighted by molar-refractivity contribution is 0.0949. The number of benzene rings is 1. The topological polar surface area (TPSA) is 83.8 Å². The van der Waals surface area contributed by atoms with Crippen molar-refractivity contribution in [2.45, 2.75) is 6.92 Å². The van der Waals surface area contributed by atoms with Gasteiger partial charge in [0.05, 0.1) is 17.5 Å². The van der Waals surface area contributed by atoms with E-state index in [1.807, 2.05) is 37.3 Å². The third-order valence-electron chi connectivity index (χ3n) is 2.96. The molecule has 0 saturated heterocycles. The molecule has 2 rings (SSSR count). The van der Waals surface area contributed by atoms with E-state index in [1.54, 1.807) is 6.20 Å². The van der Waals surface area contributed by atoms with E-state index in [-0.39, 0.29) is 24.2 Å². The van der Waals surface area contributed by atoms with E-state index in [0.29, 0.717) is 18.7 Å². The minimum Gasteiger partial charge on any atom is -0.352 e. The van der Waals surface area contributed by atoms with Crippen LogP contribution in [0.4, 0.5) is 0 Å². The number of carbonyl (C=O) groups excluding carboxylic acids is 1. The molecule has 1 atom stereocenters. The number of amides is 1. The third-order valence-corrected chi connectivity index (χ3v) is 2.96. The first kappa shape index (κ1) is 16.2. The van der Waals surface area contributed by atoms with Gasteiger partial charge >= 0.3 is 0 Å². The van der Waals surface area contributed by atoms with Gasteiger partial charge in [0.25, 0.3) is 5.91 Å². The Hall–Kier alpha value is -1.85. The van der Waals surface area contributed by atoms with Crippen LogP contribution in [0, 0.1) is 5.92 Å². The Morgan fingerprint density at radius 2 is 2.10 bits per heavy atom. The highest BCUT2D eigenvalue weighted by Crippen LogP contribution is 2.20. The predicted octanol–water partition coefficient (Wildman–Crippen LogP) is 1.82. The molecule has 0 fully saturated rings. The highest BCUT2D eigenvalue weighted by Gasteiger charge is 2.15. The predicted molar refractivity (Wildman–Crippen MR) is 81.8 cm³/mol. The number of aromatic nitrogens is 2. The summed E-state index contributed by atoms with van der Waals surface area (Å²) in [7, 11) is 0. The molecule has 1 heterocycles. The maximum atomic E-state index is 12.1. The highest BCUT2D eigenvalue weighted by molar-refractivity contribution is 5.99. The zero-order valence-corrected chi connectivity index (χ0v) is 12.1. The van der Waals surface area contributed by atoms with Gasteiger partial charge in [0, 0.05) is 12.1 Å². The number of halogens is 1. The van der Waals surface area contributed by atoms with Crippen LogP contribution >= 0.6 is 12.4 Å². The Morgan fingerprint density at radius 3 is 2.75 bits per heavy atom. The maximum Gasteiger partial charge on any atom is 0.255 e. The summed E-state index contributed by atoms with van der Waals surface area (Å²) in [6.07, 6.45) is 1.55. The molecular formula is C14H19ClN4O. The van der Waals surface area contributed by atoms with Gasteiger partial charge in [-0.25, -0.2) is 0 Å². The Morgan fingerprint density at radius 1 is 1.40 bits per heavy atom. The average molecular weight is 295 g/mol. The number of hydrogen-bond acceptors (Lipinski definition) is 3. The molecule has 1 unspecified atom stereocenters. The molecule has 0 radical (unpaired) electrons. The summed E-state index contributed by atoms with van der Waals surface area (Å²) in [6.45, 7) is 3.11. The third kappa shape index (κ3) is 3.82. The summed E-state index contributed by atoms with van der Waals surface area (Å²) in [5.41, 5.74) is 7.76. The fourth-order valence-electron chi connectivity index (χ4n) is 1.73. The second-order valence-corrected chi connectivity index (χ2v) is 4.58. The number of nitrogens with one attached hydrogen (secondary N) is 2. The molecular weight excluding hydrogens is 276 g/mol. The summed E-state index contributed by atoms with van der Waals surface area (Å²) < 4.78 is 0. The lowest BCUT2D eigenvalue weighted by Crippen LogP contribution is -2.31. The van der Waals surface area contributed by atoms with Gasteiger partial charge in [0.15, 0.2) is 0 Å². The average Bonchev–Trinajstić information content (AvgIpc) is 2.94. The number of H-pyrrole nitrogens is 1. The molecule has 1 aromatic carbocycles. The van der Waals surface area contributed by atoms with Crippen LogP contribution in [0.5, 0.6) is 0 Å². The molecule has 0 aliphatic carbocycles. The van der Waals surface area contributed by atoms with Crippen molar-refractivity contribution in [3.63, 3.8) is 0 Å². The van der Waals surface area contributed by atoms with Crippen molar-refractivity contribution in [3.05, 3.63) is 42.1 Å². The second kappa shape index (κ2) is 7.67. The van der Waals surface area contributed by atoms with Gasteiger partial charge in [-0.15, -0.1) is 12.4 Å². The monoisotopic (exact) mass is 294 g/mol. The van der Waals surface area contributed by atoms with Crippen LogP contribution in [0.3, 0.4) is 0 Å². The molecule has 0 bridgehead atoms. The molecule has 0 spiro atoms. The van der Waals surface area contributed by atoms with E-state index < -0.39 is 0 Å². The Balaban J connectivity index is 0.00000200. The van der Waals surface area contributed by atoms with Crippen LogP contribution in [0.25, 0.3) is 11.3 Å². The van der Waals surface area contributed by atoms with E-state index in [4.69, 9.17) is 5.73 Å². The lowest BCUT2D eigenvalue weighted by atomic mass is 10.1. The smallest absolute Gasteiger partial charge is 0.255 e. The lowest BCUT2D eigenvalue weighted by Gasteiger charge is -2.10. The minimum absolute atomic E-state index is 0. The van der Waals surface area contributed by atoms with Gasteiger partial charge in [-0.1, -0.05) is 37.3 Å². The van der Waals surface area contributed by atoms with Gasteiger partial charge in [0.2, 0.25) is 0 Å². The van der Waals surface area contributed by atoms with E-state index in [0.717, 1.165) is 11.3 Å². The van der Waals surface area contributed by atoms with Crippen molar-refractivity contribution in [2.75, 3.05) is 13.1 Å². The molecule has 6 heteroatoms. The number of hydrogen-bond donors (Lipinski definition) is 3. The summed E-state index contributed by atoms with van der Waals surface area (Å²) in [5, 5.41) is 9.69. The van der Waals surface area contributed by atoms with E-state index in [2.05, 4.69) is 15.5 Å². The van der Waals surface area contributed by atoms with Crippen LogP contribution in [0.15, 0.2) is 36.5 Å². The molecule has 0 saturated carbocycles. The molecule has 5 nitrogen and oxygen atoms in total. The molecule has 0 aliphatic heterocycles. The van der Waals surface area contributed by atoms with E-state index in [9.17, 15) is 4.79 Å². The molecule has 1 aromatic heterocycles. The summed E-state index contributed by atoms with van der Waals surface area (Å²) >= 11 is 0. The first-order chi connectivity index (χ1) is 9.22. The quantitative estimate of drug-likeness (QED) is 0.786. The molecule has 2 aromatic rings. The summed E-state index contributed by atoms with van der Waals surface area (Å²) in [5.74, 6) is 0.129. The highest BCUT2D eigenvalue weighted by atomic mass is 35.5.